The van der Waals surface area contributed by atoms with Crippen LogP contribution >= 0.6 is 35.0 Å². The number of hydrogen-bond donors (Lipinski definition) is 1. The highest BCUT2D eigenvalue weighted by molar-refractivity contribution is 8.02. The Morgan fingerprint density at radius 1 is 1.23 bits per heavy atom. The van der Waals surface area contributed by atoms with Crippen molar-refractivity contribution in [2.75, 3.05) is 11.6 Å². The first-order valence-electron chi connectivity index (χ1n) is 7.07. The summed E-state index contributed by atoms with van der Waals surface area (Å²) in [6.45, 7) is 0. The Balaban J connectivity index is 2.48. The van der Waals surface area contributed by atoms with E-state index in [0.717, 1.165) is 11.8 Å². The molecule has 0 bridgehead atoms. The minimum Gasteiger partial charge on any atom is -0.349 e. The smallest absolute Gasteiger partial charge is 0.280 e. The summed E-state index contributed by atoms with van der Waals surface area (Å²) >= 11 is 13.0. The zero-order valence-corrected chi connectivity index (χ0v) is 15.7. The zero-order chi connectivity index (χ0) is 19.3. The average Bonchev–Trinajstić information content (AvgIpc) is 2.64. The van der Waals surface area contributed by atoms with Crippen molar-refractivity contribution in [3.05, 3.63) is 78.8 Å². The number of para-hydroxylation sites is 1. The Bertz CT molecular complexity index is 955. The molecule has 0 heterocycles. The molecule has 1 N–H and O–H groups in total. The first-order chi connectivity index (χ1) is 12.4. The summed E-state index contributed by atoms with van der Waals surface area (Å²) in [5, 5.41) is 24.5. The maximum Gasteiger partial charge on any atom is 0.280 e. The number of anilines is 1. The van der Waals surface area contributed by atoms with Crippen LogP contribution in [-0.2, 0) is 0 Å². The fourth-order valence-electron chi connectivity index (χ4n) is 2.08. The first-order valence-corrected chi connectivity index (χ1v) is 9.05. The number of rotatable bonds is 6. The van der Waals surface area contributed by atoms with Gasteiger partial charge < -0.3 is 5.32 Å². The number of hydrogen-bond acceptors (Lipinski definition) is 6. The van der Waals surface area contributed by atoms with E-state index < -0.39 is 10.7 Å². The van der Waals surface area contributed by atoms with Crippen LogP contribution in [-0.4, -0.2) is 17.0 Å². The van der Waals surface area contributed by atoms with Crippen molar-refractivity contribution in [1.29, 1.82) is 5.26 Å². The van der Waals surface area contributed by atoms with E-state index in [0.29, 0.717) is 15.7 Å². The van der Waals surface area contributed by atoms with E-state index in [1.165, 1.54) is 24.3 Å². The van der Waals surface area contributed by atoms with Gasteiger partial charge in [-0.3, -0.25) is 14.9 Å². The normalized spacial score (nSPS) is 11.3. The number of thioether (sulfide) groups is 1. The maximum atomic E-state index is 12.7. The Hall–Kier alpha value is -2.53. The third-order valence-electron chi connectivity index (χ3n) is 3.29. The molecule has 0 saturated carbocycles. The van der Waals surface area contributed by atoms with Crippen LogP contribution in [0.1, 0.15) is 10.4 Å². The molecular formula is C17H11Cl2N3O3S. The van der Waals surface area contributed by atoms with Gasteiger partial charge in [-0.15, -0.1) is 11.8 Å². The van der Waals surface area contributed by atoms with Gasteiger partial charge >= 0.3 is 0 Å². The van der Waals surface area contributed by atoms with E-state index in [1.807, 2.05) is 6.07 Å². The number of nitrogens with zero attached hydrogens (tertiary/aromatic N) is 2. The number of halogens is 2. The Labute approximate surface area is 163 Å². The SMILES string of the molecule is CSC(Nc1ccc(Cl)c(Cl)c1)=C(C#N)C(=O)c1ccccc1[N+](=O)[O-]. The highest BCUT2D eigenvalue weighted by atomic mass is 35.5. The van der Waals surface area contributed by atoms with Gasteiger partial charge in [-0.25, -0.2) is 0 Å². The molecule has 132 valence electrons. The van der Waals surface area contributed by atoms with Crippen molar-refractivity contribution >= 4 is 52.1 Å². The van der Waals surface area contributed by atoms with Crippen LogP contribution in [0.4, 0.5) is 11.4 Å². The van der Waals surface area contributed by atoms with Crippen LogP contribution in [0.2, 0.25) is 10.0 Å². The molecule has 0 radical (unpaired) electrons. The molecule has 6 nitrogen and oxygen atoms in total. The Morgan fingerprint density at radius 3 is 2.50 bits per heavy atom. The summed E-state index contributed by atoms with van der Waals surface area (Å²) in [5.41, 5.74) is -0.235. The Morgan fingerprint density at radius 2 is 1.92 bits per heavy atom. The molecule has 26 heavy (non-hydrogen) atoms. The lowest BCUT2D eigenvalue weighted by molar-refractivity contribution is -0.385. The number of nitro groups is 1. The number of Topliss-reactive ketones (excluding diaryl/α,β-unsaturated/α-hetero) is 1. The van der Waals surface area contributed by atoms with Crippen molar-refractivity contribution in [2.24, 2.45) is 0 Å². The molecule has 2 rings (SSSR count). The second kappa shape index (κ2) is 8.72. The van der Waals surface area contributed by atoms with Crippen molar-refractivity contribution in [3.8, 4) is 6.07 Å². The summed E-state index contributed by atoms with van der Waals surface area (Å²) in [5.74, 6) is -0.739. The van der Waals surface area contributed by atoms with Gasteiger partial charge in [0.05, 0.1) is 20.0 Å². The largest absolute Gasteiger partial charge is 0.349 e. The fraction of sp³-hybridized carbons (Fsp3) is 0.0588. The molecule has 0 aromatic heterocycles. The van der Waals surface area contributed by atoms with Gasteiger partial charge in [0, 0.05) is 11.8 Å². The molecule has 9 heteroatoms. The lowest BCUT2D eigenvalue weighted by atomic mass is 10.0. The minimum absolute atomic E-state index is 0.156. The second-order valence-electron chi connectivity index (χ2n) is 4.88. The molecular weight excluding hydrogens is 397 g/mol. The van der Waals surface area contributed by atoms with Crippen molar-refractivity contribution < 1.29 is 9.72 Å². The monoisotopic (exact) mass is 407 g/mol. The number of benzene rings is 2. The molecule has 0 fully saturated rings. The predicted molar refractivity (Wildman–Crippen MR) is 104 cm³/mol. The van der Waals surface area contributed by atoms with Crippen molar-refractivity contribution in [3.63, 3.8) is 0 Å². The molecule has 0 aliphatic carbocycles. The second-order valence-corrected chi connectivity index (χ2v) is 6.51. The predicted octanol–water partition coefficient (Wildman–Crippen LogP) is 5.29. The van der Waals surface area contributed by atoms with Crippen LogP contribution in [0.3, 0.4) is 0 Å². The van der Waals surface area contributed by atoms with Crippen LogP contribution in [0.25, 0.3) is 0 Å². The first kappa shape index (κ1) is 19.8. The topological polar surface area (TPSA) is 96.0 Å². The highest BCUT2D eigenvalue weighted by Gasteiger charge is 2.25. The third-order valence-corrected chi connectivity index (χ3v) is 4.75. The lowest BCUT2D eigenvalue weighted by Crippen LogP contribution is -2.11. The Kier molecular flexibility index (Phi) is 6.64. The molecule has 0 aliphatic rings. The number of carbonyl (C=O) groups excluding carboxylic acids is 1. The molecule has 0 saturated heterocycles. The fourth-order valence-corrected chi connectivity index (χ4v) is 2.95. The van der Waals surface area contributed by atoms with Gasteiger partial charge in [-0.2, -0.15) is 5.26 Å². The minimum atomic E-state index is -0.739. The molecule has 2 aromatic rings. The van der Waals surface area contributed by atoms with E-state index in [2.05, 4.69) is 5.32 Å². The molecule has 0 aliphatic heterocycles. The van der Waals surface area contributed by atoms with Crippen LogP contribution in [0.15, 0.2) is 53.1 Å². The molecule has 0 unspecified atom stereocenters. The summed E-state index contributed by atoms with van der Waals surface area (Å²) in [6, 6.07) is 12.1. The third kappa shape index (κ3) is 4.35. The molecule has 2 aromatic carbocycles. The van der Waals surface area contributed by atoms with Gasteiger partial charge in [0.15, 0.2) is 0 Å². The maximum absolute atomic E-state index is 12.7. The quantitative estimate of drug-likeness (QED) is 0.229. The summed E-state index contributed by atoms with van der Waals surface area (Å²) < 4.78 is 0. The van der Waals surface area contributed by atoms with E-state index in [4.69, 9.17) is 23.2 Å². The lowest BCUT2D eigenvalue weighted by Gasteiger charge is -2.11. The number of ketones is 1. The zero-order valence-electron chi connectivity index (χ0n) is 13.3. The highest BCUT2D eigenvalue weighted by Crippen LogP contribution is 2.29. The van der Waals surface area contributed by atoms with Crippen molar-refractivity contribution in [1.82, 2.24) is 0 Å². The van der Waals surface area contributed by atoms with Gasteiger partial charge in [-0.1, -0.05) is 35.3 Å². The van der Waals surface area contributed by atoms with Gasteiger partial charge in [-0.05, 0) is 30.5 Å². The van der Waals surface area contributed by atoms with E-state index in [9.17, 15) is 20.2 Å². The molecule has 0 spiro atoms. The molecule has 0 atom stereocenters. The number of nitriles is 1. The van der Waals surface area contributed by atoms with E-state index in [1.54, 1.807) is 24.5 Å². The number of nitrogens with one attached hydrogen (secondary N) is 1. The van der Waals surface area contributed by atoms with Crippen LogP contribution in [0.5, 0.6) is 0 Å². The van der Waals surface area contributed by atoms with Gasteiger partial charge in [0.2, 0.25) is 5.78 Å². The molecule has 0 amide bonds. The van der Waals surface area contributed by atoms with Crippen LogP contribution < -0.4 is 5.32 Å². The van der Waals surface area contributed by atoms with E-state index in [-0.39, 0.29) is 21.9 Å². The summed E-state index contributed by atoms with van der Waals surface area (Å²) in [7, 11) is 0. The number of nitro benzene ring substituents is 1. The summed E-state index contributed by atoms with van der Waals surface area (Å²) in [6.07, 6.45) is 1.67. The standard InChI is InChI=1S/C17H11Cl2N3O3S/c1-26-17(21-10-6-7-13(18)14(19)8-10)12(9-20)16(23)11-4-2-3-5-15(11)22(24)25/h2-8,21H,1H3. The summed E-state index contributed by atoms with van der Waals surface area (Å²) in [4.78, 5) is 23.2. The van der Waals surface area contributed by atoms with E-state index >= 15 is 0 Å². The van der Waals surface area contributed by atoms with Crippen LogP contribution in [0, 0.1) is 21.4 Å². The number of allylic oxidation sites excluding steroid dienone is 1. The van der Waals surface area contributed by atoms with Gasteiger partial charge in [0.1, 0.15) is 17.2 Å². The van der Waals surface area contributed by atoms with Crippen molar-refractivity contribution in [2.45, 2.75) is 0 Å². The number of carbonyl (C=O) groups is 1. The average molecular weight is 408 g/mol. The van der Waals surface area contributed by atoms with Gasteiger partial charge in [0.25, 0.3) is 5.69 Å².